The lowest BCUT2D eigenvalue weighted by molar-refractivity contribution is -0.161. The molecule has 1 N–H and O–H groups in total. The standard InChI is InChI=1S/C17H16O5/c1-20-14-8-7-11(9-15(14)21-2)10-17(19)13-6-4-3-5-12(13)16(18)22-17/h3-9,19H,10H2,1-2H3. The van der Waals surface area contributed by atoms with Crippen LogP contribution in [0.15, 0.2) is 42.5 Å². The highest BCUT2D eigenvalue weighted by molar-refractivity contribution is 5.94. The number of benzene rings is 2. The van der Waals surface area contributed by atoms with Crippen molar-refractivity contribution in [1.29, 1.82) is 0 Å². The molecule has 0 amide bonds. The van der Waals surface area contributed by atoms with Crippen molar-refractivity contribution in [3.8, 4) is 11.5 Å². The molecule has 1 aliphatic heterocycles. The zero-order chi connectivity index (χ0) is 15.7. The zero-order valence-corrected chi connectivity index (χ0v) is 12.3. The van der Waals surface area contributed by atoms with Crippen LogP contribution >= 0.6 is 0 Å². The number of aliphatic hydroxyl groups is 1. The van der Waals surface area contributed by atoms with Gasteiger partial charge in [-0.25, -0.2) is 4.79 Å². The van der Waals surface area contributed by atoms with Crippen molar-refractivity contribution in [3.63, 3.8) is 0 Å². The topological polar surface area (TPSA) is 65.0 Å². The summed E-state index contributed by atoms with van der Waals surface area (Å²) in [5.41, 5.74) is 1.64. The van der Waals surface area contributed by atoms with E-state index in [2.05, 4.69) is 0 Å². The molecule has 0 radical (unpaired) electrons. The molecule has 0 aromatic heterocycles. The van der Waals surface area contributed by atoms with Crippen LogP contribution in [0, 0.1) is 0 Å². The lowest BCUT2D eigenvalue weighted by Crippen LogP contribution is -2.28. The Balaban J connectivity index is 1.95. The maximum atomic E-state index is 11.9. The second-order valence-electron chi connectivity index (χ2n) is 5.09. The van der Waals surface area contributed by atoms with Gasteiger partial charge in [0, 0.05) is 12.0 Å². The van der Waals surface area contributed by atoms with Crippen molar-refractivity contribution in [2.24, 2.45) is 0 Å². The molecular formula is C17H16O5. The molecule has 5 heteroatoms. The number of esters is 1. The summed E-state index contributed by atoms with van der Waals surface area (Å²) >= 11 is 0. The first-order valence-corrected chi connectivity index (χ1v) is 6.83. The smallest absolute Gasteiger partial charge is 0.341 e. The lowest BCUT2D eigenvalue weighted by Gasteiger charge is -2.22. The van der Waals surface area contributed by atoms with Gasteiger partial charge in [0.05, 0.1) is 19.8 Å². The third-order valence-electron chi connectivity index (χ3n) is 3.72. The predicted octanol–water partition coefficient (Wildman–Crippen LogP) is 2.26. The van der Waals surface area contributed by atoms with Gasteiger partial charge in [-0.1, -0.05) is 24.3 Å². The normalized spacial score (nSPS) is 19.5. The highest BCUT2D eigenvalue weighted by atomic mass is 16.7. The SMILES string of the molecule is COc1ccc(CC2(O)OC(=O)c3ccccc32)cc1OC. The van der Waals surface area contributed by atoms with Gasteiger partial charge in [0.25, 0.3) is 0 Å². The Labute approximate surface area is 128 Å². The minimum Gasteiger partial charge on any atom is -0.493 e. The van der Waals surface area contributed by atoms with Crippen LogP contribution in [-0.4, -0.2) is 25.3 Å². The van der Waals surface area contributed by atoms with Crippen molar-refractivity contribution in [2.75, 3.05) is 14.2 Å². The Kier molecular flexibility index (Phi) is 3.50. The minimum absolute atomic E-state index is 0.135. The van der Waals surface area contributed by atoms with E-state index in [0.717, 1.165) is 5.56 Å². The summed E-state index contributed by atoms with van der Waals surface area (Å²) in [6.07, 6.45) is 0.135. The molecule has 0 fully saturated rings. The number of ether oxygens (including phenoxy) is 3. The van der Waals surface area contributed by atoms with E-state index in [0.29, 0.717) is 22.6 Å². The van der Waals surface area contributed by atoms with Gasteiger partial charge < -0.3 is 19.3 Å². The number of cyclic esters (lactones) is 1. The Hall–Kier alpha value is -2.53. The Morgan fingerprint density at radius 1 is 1.09 bits per heavy atom. The molecule has 1 atom stereocenters. The summed E-state index contributed by atoms with van der Waals surface area (Å²) in [7, 11) is 3.10. The third-order valence-corrected chi connectivity index (χ3v) is 3.72. The van der Waals surface area contributed by atoms with Crippen molar-refractivity contribution in [1.82, 2.24) is 0 Å². The summed E-state index contributed by atoms with van der Waals surface area (Å²) in [6.45, 7) is 0. The number of fused-ring (bicyclic) bond motifs is 1. The Morgan fingerprint density at radius 3 is 2.55 bits per heavy atom. The van der Waals surface area contributed by atoms with Crippen LogP contribution < -0.4 is 9.47 Å². The van der Waals surface area contributed by atoms with Gasteiger partial charge in [0.1, 0.15) is 0 Å². The first kappa shape index (κ1) is 14.4. The molecular weight excluding hydrogens is 284 g/mol. The lowest BCUT2D eigenvalue weighted by atomic mass is 9.96. The van der Waals surface area contributed by atoms with E-state index in [1.54, 1.807) is 56.7 Å². The molecule has 2 aromatic carbocycles. The number of carbonyl (C=O) groups is 1. The molecule has 5 nitrogen and oxygen atoms in total. The number of hydrogen-bond donors (Lipinski definition) is 1. The van der Waals surface area contributed by atoms with Gasteiger partial charge in [-0.2, -0.15) is 0 Å². The monoisotopic (exact) mass is 300 g/mol. The van der Waals surface area contributed by atoms with Crippen LogP contribution in [0.5, 0.6) is 11.5 Å². The Morgan fingerprint density at radius 2 is 1.82 bits per heavy atom. The first-order chi connectivity index (χ1) is 10.6. The van der Waals surface area contributed by atoms with Crippen LogP contribution in [0.1, 0.15) is 21.5 Å². The predicted molar refractivity (Wildman–Crippen MR) is 79.0 cm³/mol. The van der Waals surface area contributed by atoms with Crippen LogP contribution in [0.25, 0.3) is 0 Å². The quantitative estimate of drug-likeness (QED) is 0.877. The molecule has 3 rings (SSSR count). The number of rotatable bonds is 4. The van der Waals surface area contributed by atoms with Crippen LogP contribution in [-0.2, 0) is 16.9 Å². The maximum absolute atomic E-state index is 11.9. The third kappa shape index (κ3) is 2.29. The van der Waals surface area contributed by atoms with E-state index in [-0.39, 0.29) is 6.42 Å². The van der Waals surface area contributed by atoms with Gasteiger partial charge in [-0.05, 0) is 23.8 Å². The summed E-state index contributed by atoms with van der Waals surface area (Å²) in [5.74, 6) is -1.02. The molecule has 0 spiro atoms. The molecule has 1 aliphatic rings. The highest BCUT2D eigenvalue weighted by Gasteiger charge is 2.43. The number of carbonyl (C=O) groups excluding carboxylic acids is 1. The van der Waals surface area contributed by atoms with E-state index < -0.39 is 11.8 Å². The number of hydrogen-bond acceptors (Lipinski definition) is 5. The average molecular weight is 300 g/mol. The Bertz CT molecular complexity index is 725. The van der Waals surface area contributed by atoms with Gasteiger partial charge in [0.2, 0.25) is 5.79 Å². The van der Waals surface area contributed by atoms with Crippen LogP contribution in [0.4, 0.5) is 0 Å². The highest BCUT2D eigenvalue weighted by Crippen LogP contribution is 2.38. The van der Waals surface area contributed by atoms with Gasteiger partial charge in [-0.15, -0.1) is 0 Å². The maximum Gasteiger partial charge on any atom is 0.341 e. The summed E-state index contributed by atoms with van der Waals surface area (Å²) < 4.78 is 15.6. The van der Waals surface area contributed by atoms with Crippen LogP contribution in [0.2, 0.25) is 0 Å². The van der Waals surface area contributed by atoms with E-state index in [4.69, 9.17) is 14.2 Å². The van der Waals surface area contributed by atoms with E-state index in [9.17, 15) is 9.90 Å². The van der Waals surface area contributed by atoms with E-state index >= 15 is 0 Å². The largest absolute Gasteiger partial charge is 0.493 e. The minimum atomic E-state index is -1.66. The summed E-state index contributed by atoms with van der Waals surface area (Å²) in [5, 5.41) is 10.7. The molecule has 0 bridgehead atoms. The summed E-state index contributed by atoms with van der Waals surface area (Å²) in [6, 6.07) is 12.1. The number of methoxy groups -OCH3 is 2. The second kappa shape index (κ2) is 5.35. The van der Waals surface area contributed by atoms with Crippen molar-refractivity contribution < 1.29 is 24.1 Å². The molecule has 1 unspecified atom stereocenters. The molecule has 0 saturated heterocycles. The van der Waals surface area contributed by atoms with Gasteiger partial charge >= 0.3 is 5.97 Å². The van der Waals surface area contributed by atoms with Crippen molar-refractivity contribution in [3.05, 3.63) is 59.2 Å². The molecule has 0 saturated carbocycles. The molecule has 1 heterocycles. The fraction of sp³-hybridized carbons (Fsp3) is 0.235. The molecule has 0 aliphatic carbocycles. The van der Waals surface area contributed by atoms with Crippen molar-refractivity contribution in [2.45, 2.75) is 12.2 Å². The fourth-order valence-corrected chi connectivity index (χ4v) is 2.66. The van der Waals surface area contributed by atoms with E-state index in [1.807, 2.05) is 0 Å². The van der Waals surface area contributed by atoms with Crippen molar-refractivity contribution >= 4 is 5.97 Å². The average Bonchev–Trinajstić information content (AvgIpc) is 2.79. The zero-order valence-electron chi connectivity index (χ0n) is 12.3. The molecule has 114 valence electrons. The molecule has 2 aromatic rings. The van der Waals surface area contributed by atoms with Crippen LogP contribution in [0.3, 0.4) is 0 Å². The fourth-order valence-electron chi connectivity index (χ4n) is 2.66. The van der Waals surface area contributed by atoms with E-state index in [1.165, 1.54) is 0 Å². The van der Waals surface area contributed by atoms with Gasteiger partial charge in [0.15, 0.2) is 11.5 Å². The molecule has 22 heavy (non-hydrogen) atoms. The first-order valence-electron chi connectivity index (χ1n) is 6.83. The summed E-state index contributed by atoms with van der Waals surface area (Å²) in [4.78, 5) is 11.9. The van der Waals surface area contributed by atoms with Gasteiger partial charge in [-0.3, -0.25) is 0 Å². The second-order valence-corrected chi connectivity index (χ2v) is 5.09.